The summed E-state index contributed by atoms with van der Waals surface area (Å²) in [6.07, 6.45) is -5.54. The van der Waals surface area contributed by atoms with Crippen LogP contribution in [-0.2, 0) is 12.6 Å². The Morgan fingerprint density at radius 3 is 2.17 bits per heavy atom. The molecule has 0 saturated heterocycles. The zero-order valence-electron chi connectivity index (χ0n) is 11.9. The summed E-state index contributed by atoms with van der Waals surface area (Å²) >= 11 is 0. The van der Waals surface area contributed by atoms with Crippen molar-refractivity contribution in [2.45, 2.75) is 24.7 Å². The molecule has 23 heavy (non-hydrogen) atoms. The molecule has 2 aromatic carbocycles. The van der Waals surface area contributed by atoms with Crippen molar-refractivity contribution in [1.29, 1.82) is 0 Å². The maximum atomic E-state index is 13.8. The number of rotatable bonds is 4. The highest BCUT2D eigenvalue weighted by Crippen LogP contribution is 2.31. The van der Waals surface area contributed by atoms with Crippen LogP contribution in [0.4, 0.5) is 17.6 Å². The Labute approximate surface area is 137 Å². The second-order valence-corrected chi connectivity index (χ2v) is 5.02. The van der Waals surface area contributed by atoms with E-state index in [4.69, 9.17) is 5.73 Å². The van der Waals surface area contributed by atoms with Gasteiger partial charge in [-0.25, -0.2) is 4.39 Å². The minimum atomic E-state index is -4.62. The van der Waals surface area contributed by atoms with E-state index >= 15 is 0 Å². The third kappa shape index (κ3) is 4.92. The van der Waals surface area contributed by atoms with Gasteiger partial charge >= 0.3 is 6.18 Å². The Morgan fingerprint density at radius 2 is 1.65 bits per heavy atom. The first kappa shape index (κ1) is 19.4. The van der Waals surface area contributed by atoms with Gasteiger partial charge in [0.05, 0.1) is 17.7 Å². The molecule has 0 aliphatic carbocycles. The van der Waals surface area contributed by atoms with Crippen LogP contribution in [0.3, 0.4) is 0 Å². The van der Waals surface area contributed by atoms with Crippen LogP contribution >= 0.6 is 12.4 Å². The lowest BCUT2D eigenvalue weighted by Gasteiger charge is -2.20. The summed E-state index contributed by atoms with van der Waals surface area (Å²) in [5.74, 6) is -1.07. The maximum absolute atomic E-state index is 13.8. The van der Waals surface area contributed by atoms with Gasteiger partial charge in [0.25, 0.3) is 0 Å². The molecule has 2 rings (SSSR count). The molecular weight excluding hydrogens is 334 g/mol. The molecule has 0 aliphatic rings. The van der Waals surface area contributed by atoms with Crippen LogP contribution in [0.1, 0.15) is 22.7 Å². The number of hydrogen-bond donors (Lipinski definition) is 2. The van der Waals surface area contributed by atoms with Crippen molar-refractivity contribution in [2.75, 3.05) is 0 Å². The van der Waals surface area contributed by atoms with Gasteiger partial charge in [0.1, 0.15) is 5.82 Å². The van der Waals surface area contributed by atoms with Crippen molar-refractivity contribution in [3.63, 3.8) is 0 Å². The summed E-state index contributed by atoms with van der Waals surface area (Å²) in [5.41, 5.74) is 5.35. The normalized spacial score (nSPS) is 14.0. The maximum Gasteiger partial charge on any atom is 0.416 e. The summed E-state index contributed by atoms with van der Waals surface area (Å²) in [6.45, 7) is 0. The molecule has 0 fully saturated rings. The van der Waals surface area contributed by atoms with Crippen molar-refractivity contribution in [3.8, 4) is 0 Å². The Hall–Kier alpha value is -1.63. The first-order valence-corrected chi connectivity index (χ1v) is 6.63. The largest absolute Gasteiger partial charge is 0.416 e. The summed E-state index contributed by atoms with van der Waals surface area (Å²) in [4.78, 5) is 0. The summed E-state index contributed by atoms with van der Waals surface area (Å²) in [7, 11) is 0. The lowest BCUT2D eigenvalue weighted by atomic mass is 9.95. The molecule has 0 saturated carbocycles. The number of halogens is 5. The second kappa shape index (κ2) is 7.77. The molecule has 0 bridgehead atoms. The summed E-state index contributed by atoms with van der Waals surface area (Å²) in [6, 6.07) is 9.94. The molecule has 0 heterocycles. The van der Waals surface area contributed by atoms with Crippen LogP contribution in [-0.4, -0.2) is 11.2 Å². The van der Waals surface area contributed by atoms with Gasteiger partial charge in [-0.1, -0.05) is 36.4 Å². The number of alkyl halides is 3. The van der Waals surface area contributed by atoms with E-state index in [9.17, 15) is 22.7 Å². The number of nitrogens with two attached hydrogens (primary N) is 1. The zero-order valence-corrected chi connectivity index (χ0v) is 12.7. The van der Waals surface area contributed by atoms with Gasteiger partial charge in [-0.2, -0.15) is 13.2 Å². The monoisotopic (exact) mass is 349 g/mol. The van der Waals surface area contributed by atoms with E-state index in [-0.39, 0.29) is 24.4 Å². The average Bonchev–Trinajstić information content (AvgIpc) is 2.46. The standard InChI is InChI=1S/C16H15F4NO.ClH/c17-13-9-11(16(18,19)20)6-7-12(13)15(21)14(22)8-10-4-2-1-3-5-10;/h1-7,9,14-15,22H,8,21H2;1H/t14-,15+;/m1./s1. The van der Waals surface area contributed by atoms with E-state index in [0.29, 0.717) is 6.07 Å². The molecule has 0 amide bonds. The van der Waals surface area contributed by atoms with Crippen LogP contribution < -0.4 is 5.73 Å². The van der Waals surface area contributed by atoms with Crippen molar-refractivity contribution in [2.24, 2.45) is 5.73 Å². The van der Waals surface area contributed by atoms with Crippen molar-refractivity contribution < 1.29 is 22.7 Å². The molecule has 2 aromatic rings. The lowest BCUT2D eigenvalue weighted by Crippen LogP contribution is -2.29. The Morgan fingerprint density at radius 1 is 1.04 bits per heavy atom. The van der Waals surface area contributed by atoms with Crippen LogP contribution in [0.25, 0.3) is 0 Å². The quantitative estimate of drug-likeness (QED) is 0.823. The minimum absolute atomic E-state index is 0. The number of aliphatic hydroxyl groups is 1. The Bertz CT molecular complexity index is 634. The van der Waals surface area contributed by atoms with E-state index in [1.54, 1.807) is 24.3 Å². The van der Waals surface area contributed by atoms with Gasteiger partial charge in [0.15, 0.2) is 0 Å². The SMILES string of the molecule is Cl.N[C@@H](c1ccc(C(F)(F)F)cc1F)[C@H](O)Cc1ccccc1. The van der Waals surface area contributed by atoms with E-state index in [0.717, 1.165) is 17.7 Å². The average molecular weight is 350 g/mol. The van der Waals surface area contributed by atoms with Gasteiger partial charge in [-0.3, -0.25) is 0 Å². The number of benzene rings is 2. The van der Waals surface area contributed by atoms with Crippen molar-refractivity contribution >= 4 is 12.4 Å². The van der Waals surface area contributed by atoms with E-state index < -0.39 is 29.7 Å². The fourth-order valence-electron chi connectivity index (χ4n) is 2.16. The third-order valence-corrected chi connectivity index (χ3v) is 3.39. The summed E-state index contributed by atoms with van der Waals surface area (Å²) in [5, 5.41) is 10.1. The van der Waals surface area contributed by atoms with Gasteiger partial charge in [-0.05, 0) is 17.7 Å². The second-order valence-electron chi connectivity index (χ2n) is 5.02. The number of aliphatic hydroxyl groups excluding tert-OH is 1. The third-order valence-electron chi connectivity index (χ3n) is 3.39. The molecule has 126 valence electrons. The van der Waals surface area contributed by atoms with Crippen LogP contribution in [0, 0.1) is 5.82 Å². The van der Waals surface area contributed by atoms with Crippen molar-refractivity contribution in [1.82, 2.24) is 0 Å². The van der Waals surface area contributed by atoms with Gasteiger partial charge in [-0.15, -0.1) is 12.4 Å². The fraction of sp³-hybridized carbons (Fsp3) is 0.250. The highest BCUT2D eigenvalue weighted by molar-refractivity contribution is 5.85. The highest BCUT2D eigenvalue weighted by Gasteiger charge is 2.32. The number of hydrogen-bond acceptors (Lipinski definition) is 2. The fourth-order valence-corrected chi connectivity index (χ4v) is 2.16. The van der Waals surface area contributed by atoms with E-state index in [1.165, 1.54) is 0 Å². The molecule has 0 spiro atoms. The first-order valence-electron chi connectivity index (χ1n) is 6.63. The predicted octanol–water partition coefficient (Wildman–Crippen LogP) is 3.87. The predicted molar refractivity (Wildman–Crippen MR) is 81.7 cm³/mol. The minimum Gasteiger partial charge on any atom is -0.391 e. The van der Waals surface area contributed by atoms with Crippen LogP contribution in [0.2, 0.25) is 0 Å². The Kier molecular flexibility index (Phi) is 6.56. The molecule has 0 radical (unpaired) electrons. The van der Waals surface area contributed by atoms with Gasteiger partial charge < -0.3 is 10.8 Å². The summed E-state index contributed by atoms with van der Waals surface area (Å²) < 4.78 is 51.3. The van der Waals surface area contributed by atoms with Gasteiger partial charge in [0, 0.05) is 12.0 Å². The molecule has 2 atom stereocenters. The highest BCUT2D eigenvalue weighted by atomic mass is 35.5. The van der Waals surface area contributed by atoms with Gasteiger partial charge in [0.2, 0.25) is 0 Å². The molecular formula is C16H16ClF4NO. The topological polar surface area (TPSA) is 46.2 Å². The lowest BCUT2D eigenvalue weighted by molar-refractivity contribution is -0.137. The molecule has 0 unspecified atom stereocenters. The van der Waals surface area contributed by atoms with Crippen LogP contribution in [0.15, 0.2) is 48.5 Å². The smallest absolute Gasteiger partial charge is 0.391 e. The molecule has 3 N–H and O–H groups in total. The Balaban J connectivity index is 0.00000264. The zero-order chi connectivity index (χ0) is 16.3. The van der Waals surface area contributed by atoms with Crippen molar-refractivity contribution in [3.05, 3.63) is 71.0 Å². The molecule has 0 aromatic heterocycles. The van der Waals surface area contributed by atoms with E-state index in [2.05, 4.69) is 0 Å². The molecule has 2 nitrogen and oxygen atoms in total. The van der Waals surface area contributed by atoms with Crippen LogP contribution in [0.5, 0.6) is 0 Å². The van der Waals surface area contributed by atoms with E-state index in [1.807, 2.05) is 6.07 Å². The molecule has 0 aliphatic heterocycles. The first-order chi connectivity index (χ1) is 10.3. The molecule has 7 heteroatoms.